The first-order chi connectivity index (χ1) is 23.9. The van der Waals surface area contributed by atoms with Gasteiger partial charge in [0.15, 0.2) is 21.6 Å². The van der Waals surface area contributed by atoms with Crippen LogP contribution in [-0.2, 0) is 0 Å². The molecule has 0 amide bonds. The monoisotopic (exact) mass is 685 g/mol. The number of hydrogen-bond donors (Lipinski definition) is 3. The van der Waals surface area contributed by atoms with Crippen LogP contribution < -0.4 is 5.73 Å². The molecule has 242 valence electrons. The number of thioether (sulfide) groups is 2. The van der Waals surface area contributed by atoms with Crippen LogP contribution in [0.4, 0.5) is 10.2 Å². The molecule has 0 unspecified atom stereocenters. The number of benzene rings is 2. The van der Waals surface area contributed by atoms with Gasteiger partial charge in [-0.15, -0.1) is 0 Å². The van der Waals surface area contributed by atoms with Gasteiger partial charge >= 0.3 is 0 Å². The fourth-order valence-corrected chi connectivity index (χ4v) is 5.95. The summed E-state index contributed by atoms with van der Waals surface area (Å²) in [5.41, 5.74) is 14.8. The highest BCUT2D eigenvalue weighted by Crippen LogP contribution is 2.35. The molecule has 0 radical (unpaired) electrons. The molecule has 8 rings (SSSR count). The van der Waals surface area contributed by atoms with Crippen molar-refractivity contribution in [1.82, 2.24) is 50.3 Å². The van der Waals surface area contributed by atoms with Crippen molar-refractivity contribution in [3.05, 3.63) is 103 Å². The third-order valence-electron chi connectivity index (χ3n) is 7.66. The summed E-state index contributed by atoms with van der Waals surface area (Å²) >= 11 is 2.98. The van der Waals surface area contributed by atoms with Crippen LogP contribution in [0.3, 0.4) is 0 Å². The van der Waals surface area contributed by atoms with Crippen LogP contribution in [0.15, 0.2) is 102 Å². The van der Waals surface area contributed by atoms with Crippen LogP contribution in [0, 0.1) is 12.7 Å². The van der Waals surface area contributed by atoms with E-state index in [1.807, 2.05) is 74.0 Å². The number of rotatable bonds is 6. The first-order valence-electron chi connectivity index (χ1n) is 15.0. The van der Waals surface area contributed by atoms with Crippen LogP contribution in [0.1, 0.15) is 5.69 Å². The van der Waals surface area contributed by atoms with E-state index < -0.39 is 0 Å². The molecule has 0 saturated carbocycles. The Morgan fingerprint density at radius 3 is 1.76 bits per heavy atom. The van der Waals surface area contributed by atoms with E-state index in [-0.39, 0.29) is 5.82 Å². The third kappa shape index (κ3) is 6.55. The molecule has 11 nitrogen and oxygen atoms in total. The van der Waals surface area contributed by atoms with Gasteiger partial charge in [-0.1, -0.05) is 53.9 Å². The molecule has 0 atom stereocenters. The summed E-state index contributed by atoms with van der Waals surface area (Å²) in [7, 11) is 0. The number of nitrogen functional groups attached to an aromatic ring is 1. The molecule has 0 bridgehead atoms. The summed E-state index contributed by atoms with van der Waals surface area (Å²) in [5, 5.41) is 17.3. The van der Waals surface area contributed by atoms with E-state index in [1.54, 1.807) is 24.5 Å². The van der Waals surface area contributed by atoms with E-state index in [0.717, 1.165) is 55.8 Å². The largest absolute Gasteiger partial charge is 0.384 e. The lowest BCUT2D eigenvalue weighted by Gasteiger charge is -2.10. The SMILES string of the molecule is CSc1nccc(-c2cc3c(C)[nH]nc3nc2-c2ccc(F)cc2)n1.CSc1nccc(-c2cc3c(N)[nH]nc3nc2-c2ccccc2)n1. The van der Waals surface area contributed by atoms with Crippen molar-refractivity contribution in [2.24, 2.45) is 0 Å². The normalized spacial score (nSPS) is 11.1. The second-order valence-electron chi connectivity index (χ2n) is 10.7. The Kier molecular flexibility index (Phi) is 8.96. The van der Waals surface area contributed by atoms with Crippen molar-refractivity contribution < 1.29 is 4.39 Å². The van der Waals surface area contributed by atoms with Gasteiger partial charge in [0.25, 0.3) is 0 Å². The molecule has 49 heavy (non-hydrogen) atoms. The van der Waals surface area contributed by atoms with Crippen molar-refractivity contribution in [3.8, 4) is 45.0 Å². The van der Waals surface area contributed by atoms with E-state index in [9.17, 15) is 4.39 Å². The molecule has 8 aromatic rings. The number of nitrogens with one attached hydrogen (secondary N) is 2. The number of aryl methyl sites for hydroxylation is 1. The standard InChI is InChI=1S/C18H14FN5S.C17H14N6S/c1-10-13-9-14(15-7-8-20-18(21-15)25-2)16(22-17(13)24-23-10)11-3-5-12(19)6-4-11;1-24-17-19-8-7-13(20-17)11-9-12-15(18)22-23-16(12)21-14(11)10-5-3-2-4-6-10/h3-9H,1-2H3,(H,22,23,24);2-9H,1H3,(H3,18,21,22,23). The Morgan fingerprint density at radius 2 is 1.16 bits per heavy atom. The molecule has 0 aliphatic rings. The van der Waals surface area contributed by atoms with Crippen molar-refractivity contribution in [2.45, 2.75) is 17.2 Å². The van der Waals surface area contributed by atoms with Gasteiger partial charge in [0, 0.05) is 45.7 Å². The average Bonchev–Trinajstić information content (AvgIpc) is 3.71. The Labute approximate surface area is 288 Å². The minimum absolute atomic E-state index is 0.284. The number of anilines is 1. The highest BCUT2D eigenvalue weighted by Gasteiger charge is 2.17. The minimum atomic E-state index is -0.284. The zero-order valence-electron chi connectivity index (χ0n) is 26.5. The number of hydrogen-bond acceptors (Lipinski definition) is 11. The van der Waals surface area contributed by atoms with Crippen molar-refractivity contribution in [1.29, 1.82) is 0 Å². The van der Waals surface area contributed by atoms with Gasteiger partial charge in [0.1, 0.15) is 11.6 Å². The molecule has 4 N–H and O–H groups in total. The van der Waals surface area contributed by atoms with Crippen molar-refractivity contribution in [2.75, 3.05) is 18.2 Å². The zero-order chi connectivity index (χ0) is 33.9. The first kappa shape index (κ1) is 31.8. The molecular formula is C35H28FN11S2. The summed E-state index contributed by atoms with van der Waals surface area (Å²) in [4.78, 5) is 27.1. The average molecular weight is 686 g/mol. The van der Waals surface area contributed by atoms with Gasteiger partial charge in [-0.2, -0.15) is 10.2 Å². The lowest BCUT2D eigenvalue weighted by molar-refractivity contribution is 0.628. The van der Waals surface area contributed by atoms with E-state index in [0.29, 0.717) is 33.1 Å². The Hall–Kier alpha value is -5.73. The summed E-state index contributed by atoms with van der Waals surface area (Å²) in [6.07, 6.45) is 7.37. The lowest BCUT2D eigenvalue weighted by Crippen LogP contribution is -1.95. The number of pyridine rings is 2. The minimum Gasteiger partial charge on any atom is -0.384 e. The number of nitrogens with zero attached hydrogens (tertiary/aromatic N) is 8. The first-order valence-corrected chi connectivity index (χ1v) is 17.4. The molecule has 14 heteroatoms. The number of aromatic amines is 2. The third-order valence-corrected chi connectivity index (χ3v) is 8.78. The van der Waals surface area contributed by atoms with E-state index in [2.05, 4.69) is 40.3 Å². The highest BCUT2D eigenvalue weighted by atomic mass is 32.2. The van der Waals surface area contributed by atoms with Gasteiger partial charge < -0.3 is 5.73 Å². The van der Waals surface area contributed by atoms with Crippen molar-refractivity contribution in [3.63, 3.8) is 0 Å². The predicted molar refractivity (Wildman–Crippen MR) is 193 cm³/mol. The number of fused-ring (bicyclic) bond motifs is 2. The Balaban J connectivity index is 0.000000154. The Morgan fingerprint density at radius 1 is 0.633 bits per heavy atom. The molecular weight excluding hydrogens is 658 g/mol. The molecule has 0 aliphatic heterocycles. The number of nitrogens with two attached hydrogens (primary N) is 1. The topological polar surface area (TPSA) is 161 Å². The fourth-order valence-electron chi connectivity index (χ4n) is 5.23. The van der Waals surface area contributed by atoms with E-state index in [4.69, 9.17) is 15.7 Å². The number of halogens is 1. The van der Waals surface area contributed by atoms with Crippen LogP contribution in [0.5, 0.6) is 0 Å². The zero-order valence-corrected chi connectivity index (χ0v) is 28.1. The Bertz CT molecular complexity index is 2410. The molecule has 6 heterocycles. The highest BCUT2D eigenvalue weighted by molar-refractivity contribution is 7.98. The maximum absolute atomic E-state index is 13.3. The summed E-state index contributed by atoms with van der Waals surface area (Å²) in [5.74, 6) is 0.214. The number of aromatic nitrogens is 10. The summed E-state index contributed by atoms with van der Waals surface area (Å²) in [6.45, 7) is 1.95. The van der Waals surface area contributed by atoms with Crippen LogP contribution in [-0.4, -0.2) is 62.8 Å². The molecule has 0 spiro atoms. The maximum atomic E-state index is 13.3. The van der Waals surface area contributed by atoms with Gasteiger partial charge in [0.2, 0.25) is 0 Å². The van der Waals surface area contributed by atoms with Gasteiger partial charge in [0.05, 0.1) is 28.2 Å². The fraction of sp³-hybridized carbons (Fsp3) is 0.0857. The van der Waals surface area contributed by atoms with Crippen LogP contribution in [0.25, 0.3) is 67.1 Å². The molecule has 0 saturated heterocycles. The van der Waals surface area contributed by atoms with Crippen LogP contribution >= 0.6 is 23.5 Å². The molecule has 2 aromatic carbocycles. The quantitative estimate of drug-likeness (QED) is 0.117. The maximum Gasteiger partial charge on any atom is 0.187 e. The van der Waals surface area contributed by atoms with E-state index in [1.165, 1.54) is 35.7 Å². The lowest BCUT2D eigenvalue weighted by atomic mass is 10.0. The number of H-pyrrole nitrogens is 2. The molecule has 6 aromatic heterocycles. The van der Waals surface area contributed by atoms with Crippen LogP contribution in [0.2, 0.25) is 0 Å². The van der Waals surface area contributed by atoms with Gasteiger partial charge in [-0.3, -0.25) is 10.2 Å². The second kappa shape index (κ2) is 13.8. The van der Waals surface area contributed by atoms with Gasteiger partial charge in [-0.25, -0.2) is 34.3 Å². The summed E-state index contributed by atoms with van der Waals surface area (Å²) in [6, 6.07) is 24.0. The van der Waals surface area contributed by atoms with E-state index >= 15 is 0 Å². The predicted octanol–water partition coefficient (Wildman–Crippen LogP) is 7.64. The van der Waals surface area contributed by atoms with Gasteiger partial charge in [-0.05, 0) is 68.0 Å². The smallest absolute Gasteiger partial charge is 0.187 e. The van der Waals surface area contributed by atoms with Crippen molar-refractivity contribution >= 4 is 51.4 Å². The second-order valence-corrected chi connectivity index (χ2v) is 12.3. The summed E-state index contributed by atoms with van der Waals surface area (Å²) < 4.78 is 13.3. The molecule has 0 fully saturated rings. The molecule has 0 aliphatic carbocycles.